The van der Waals surface area contributed by atoms with Crippen LogP contribution in [0.3, 0.4) is 0 Å². The largest absolute Gasteiger partial charge is 0.357 e. The van der Waals surface area contributed by atoms with Crippen LogP contribution in [0.15, 0.2) is 58.6 Å². The van der Waals surface area contributed by atoms with E-state index in [9.17, 15) is 8.42 Å². The molecule has 0 bridgehead atoms. The summed E-state index contributed by atoms with van der Waals surface area (Å²) in [7, 11) is -3.95. The SMILES string of the molecule is CSc1nc(OS(=O)(=O)c2ccc(C)cc2)c2ccccc2n1. The molecule has 5 nitrogen and oxygen atoms in total. The molecule has 1 aromatic heterocycles. The Labute approximate surface area is 138 Å². The molecule has 0 spiro atoms. The lowest BCUT2D eigenvalue weighted by Gasteiger charge is -2.09. The third kappa shape index (κ3) is 3.30. The van der Waals surface area contributed by atoms with Crippen molar-refractivity contribution in [1.29, 1.82) is 0 Å². The number of benzene rings is 2. The molecule has 2 aromatic carbocycles. The van der Waals surface area contributed by atoms with Crippen molar-refractivity contribution in [2.75, 3.05) is 6.26 Å². The minimum Gasteiger partial charge on any atom is -0.357 e. The van der Waals surface area contributed by atoms with E-state index in [-0.39, 0.29) is 10.8 Å². The molecule has 0 amide bonds. The third-order valence-corrected chi connectivity index (χ3v) is 5.00. The first kappa shape index (κ1) is 15.8. The average molecular weight is 346 g/mol. The van der Waals surface area contributed by atoms with Crippen LogP contribution in [-0.4, -0.2) is 24.6 Å². The normalized spacial score (nSPS) is 11.6. The molecular formula is C16H14N2O3S2. The summed E-state index contributed by atoms with van der Waals surface area (Å²) in [5, 5.41) is 1.01. The first-order valence-electron chi connectivity index (χ1n) is 6.81. The molecule has 0 aliphatic heterocycles. The Bertz CT molecular complexity index is 955. The van der Waals surface area contributed by atoms with Gasteiger partial charge in [0.2, 0.25) is 5.88 Å². The summed E-state index contributed by atoms with van der Waals surface area (Å²) < 4.78 is 30.2. The fourth-order valence-electron chi connectivity index (χ4n) is 2.04. The van der Waals surface area contributed by atoms with Gasteiger partial charge in [-0.1, -0.05) is 41.6 Å². The Balaban J connectivity index is 2.08. The molecular weight excluding hydrogens is 332 g/mol. The quantitative estimate of drug-likeness (QED) is 0.409. The number of hydrogen-bond donors (Lipinski definition) is 0. The van der Waals surface area contributed by atoms with E-state index in [1.54, 1.807) is 30.3 Å². The number of hydrogen-bond acceptors (Lipinski definition) is 6. The minimum absolute atomic E-state index is 0.0422. The molecule has 3 aromatic rings. The molecule has 0 unspecified atom stereocenters. The predicted molar refractivity (Wildman–Crippen MR) is 90.3 cm³/mol. The number of aryl methyl sites for hydroxylation is 1. The third-order valence-electron chi connectivity index (χ3n) is 3.23. The smallest absolute Gasteiger partial charge is 0.340 e. The lowest BCUT2D eigenvalue weighted by molar-refractivity contribution is 0.476. The van der Waals surface area contributed by atoms with Gasteiger partial charge < -0.3 is 4.18 Å². The lowest BCUT2D eigenvalue weighted by atomic mass is 10.2. The van der Waals surface area contributed by atoms with Crippen molar-refractivity contribution in [2.24, 2.45) is 0 Å². The van der Waals surface area contributed by atoms with Crippen LogP contribution in [0.4, 0.5) is 0 Å². The fraction of sp³-hybridized carbons (Fsp3) is 0.125. The lowest BCUT2D eigenvalue weighted by Crippen LogP contribution is -2.11. The van der Waals surface area contributed by atoms with E-state index in [0.717, 1.165) is 5.56 Å². The van der Waals surface area contributed by atoms with Gasteiger partial charge in [0.15, 0.2) is 5.16 Å². The zero-order valence-electron chi connectivity index (χ0n) is 12.6. The Kier molecular flexibility index (Phi) is 4.23. The van der Waals surface area contributed by atoms with Gasteiger partial charge in [-0.25, -0.2) is 4.98 Å². The van der Waals surface area contributed by atoms with Gasteiger partial charge in [-0.05, 0) is 37.4 Å². The summed E-state index contributed by atoms with van der Waals surface area (Å²) >= 11 is 1.32. The maximum atomic E-state index is 12.5. The highest BCUT2D eigenvalue weighted by molar-refractivity contribution is 7.98. The summed E-state index contributed by atoms with van der Waals surface area (Å²) in [6.07, 6.45) is 1.82. The van der Waals surface area contributed by atoms with E-state index in [4.69, 9.17) is 4.18 Å². The molecule has 1 heterocycles. The van der Waals surface area contributed by atoms with Crippen molar-refractivity contribution in [2.45, 2.75) is 17.0 Å². The number of aromatic nitrogens is 2. The van der Waals surface area contributed by atoms with Gasteiger partial charge in [-0.2, -0.15) is 13.4 Å². The number of nitrogens with zero attached hydrogens (tertiary/aromatic N) is 2. The highest BCUT2D eigenvalue weighted by Gasteiger charge is 2.20. The molecule has 3 rings (SSSR count). The highest BCUT2D eigenvalue weighted by atomic mass is 32.2. The van der Waals surface area contributed by atoms with Crippen LogP contribution in [-0.2, 0) is 10.1 Å². The van der Waals surface area contributed by atoms with Gasteiger partial charge >= 0.3 is 10.1 Å². The Morgan fingerprint density at radius 2 is 1.70 bits per heavy atom. The number of para-hydroxylation sites is 1. The molecule has 7 heteroatoms. The average Bonchev–Trinajstić information content (AvgIpc) is 2.54. The van der Waals surface area contributed by atoms with Crippen molar-refractivity contribution < 1.29 is 12.6 Å². The molecule has 0 radical (unpaired) electrons. The monoisotopic (exact) mass is 346 g/mol. The maximum absolute atomic E-state index is 12.5. The standard InChI is InChI=1S/C16H14N2O3S2/c1-11-7-9-12(10-8-11)23(19,20)21-15-13-5-3-4-6-14(13)17-16(18-15)22-2/h3-10H,1-2H3. The van der Waals surface area contributed by atoms with Gasteiger partial charge in [-0.15, -0.1) is 0 Å². The summed E-state index contributed by atoms with van der Waals surface area (Å²) in [4.78, 5) is 8.64. The number of rotatable bonds is 4. The Morgan fingerprint density at radius 3 is 2.39 bits per heavy atom. The molecule has 0 saturated carbocycles. The molecule has 0 N–H and O–H groups in total. The fourth-order valence-corrected chi connectivity index (χ4v) is 3.30. The van der Waals surface area contributed by atoms with Crippen LogP contribution in [0.5, 0.6) is 5.88 Å². The maximum Gasteiger partial charge on any atom is 0.340 e. The molecule has 0 fully saturated rings. The zero-order valence-corrected chi connectivity index (χ0v) is 14.2. The second-order valence-electron chi connectivity index (χ2n) is 4.88. The first-order valence-corrected chi connectivity index (χ1v) is 9.45. The molecule has 0 aliphatic carbocycles. The van der Waals surface area contributed by atoms with E-state index in [1.807, 2.05) is 19.2 Å². The van der Waals surface area contributed by atoms with Crippen LogP contribution in [0.1, 0.15) is 5.56 Å². The van der Waals surface area contributed by atoms with Gasteiger partial charge in [0.1, 0.15) is 4.90 Å². The Hall–Kier alpha value is -2.12. The summed E-state index contributed by atoms with van der Waals surface area (Å²) in [6, 6.07) is 13.6. The van der Waals surface area contributed by atoms with E-state index in [1.165, 1.54) is 23.9 Å². The number of thioether (sulfide) groups is 1. The second-order valence-corrected chi connectivity index (χ2v) is 7.20. The summed E-state index contributed by atoms with van der Waals surface area (Å²) in [5.41, 5.74) is 1.61. The van der Waals surface area contributed by atoms with Crippen molar-refractivity contribution in [3.8, 4) is 5.88 Å². The van der Waals surface area contributed by atoms with E-state index in [2.05, 4.69) is 9.97 Å². The van der Waals surface area contributed by atoms with Crippen LogP contribution >= 0.6 is 11.8 Å². The van der Waals surface area contributed by atoms with Crippen molar-refractivity contribution >= 4 is 32.8 Å². The summed E-state index contributed by atoms with van der Waals surface area (Å²) in [6.45, 7) is 1.89. The molecule has 118 valence electrons. The second kappa shape index (κ2) is 6.17. The summed E-state index contributed by atoms with van der Waals surface area (Å²) in [5.74, 6) is 0.0422. The van der Waals surface area contributed by atoms with Gasteiger partial charge in [0, 0.05) is 0 Å². The molecule has 0 saturated heterocycles. The van der Waals surface area contributed by atoms with Crippen LogP contribution in [0.25, 0.3) is 10.9 Å². The minimum atomic E-state index is -3.95. The van der Waals surface area contributed by atoms with Crippen LogP contribution in [0, 0.1) is 6.92 Å². The van der Waals surface area contributed by atoms with E-state index >= 15 is 0 Å². The Morgan fingerprint density at radius 1 is 1.00 bits per heavy atom. The zero-order chi connectivity index (χ0) is 16.4. The van der Waals surface area contributed by atoms with Gasteiger partial charge in [0.25, 0.3) is 0 Å². The first-order chi connectivity index (χ1) is 11.0. The molecule has 0 aliphatic rings. The van der Waals surface area contributed by atoms with Gasteiger partial charge in [0.05, 0.1) is 10.9 Å². The van der Waals surface area contributed by atoms with Gasteiger partial charge in [-0.3, -0.25) is 0 Å². The number of fused-ring (bicyclic) bond motifs is 1. The predicted octanol–water partition coefficient (Wildman–Crippen LogP) is 3.43. The van der Waals surface area contributed by atoms with Crippen molar-refractivity contribution in [1.82, 2.24) is 9.97 Å². The van der Waals surface area contributed by atoms with E-state index in [0.29, 0.717) is 16.1 Å². The highest BCUT2D eigenvalue weighted by Crippen LogP contribution is 2.27. The van der Waals surface area contributed by atoms with Crippen molar-refractivity contribution in [3.05, 3.63) is 54.1 Å². The van der Waals surface area contributed by atoms with Crippen LogP contribution < -0.4 is 4.18 Å². The van der Waals surface area contributed by atoms with Crippen LogP contribution in [0.2, 0.25) is 0 Å². The van der Waals surface area contributed by atoms with E-state index < -0.39 is 10.1 Å². The molecule has 23 heavy (non-hydrogen) atoms. The van der Waals surface area contributed by atoms with Crippen molar-refractivity contribution in [3.63, 3.8) is 0 Å². The topological polar surface area (TPSA) is 69.2 Å². The molecule has 0 atom stereocenters.